The zero-order valence-electron chi connectivity index (χ0n) is 19.7. The van der Waals surface area contributed by atoms with Crippen LogP contribution in [-0.2, 0) is 36.8 Å². The Labute approximate surface area is 210 Å². The second-order valence-corrected chi connectivity index (χ2v) is 8.36. The summed E-state index contributed by atoms with van der Waals surface area (Å²) in [5, 5.41) is 17.8. The monoisotopic (exact) mass is 512 g/mol. The normalized spacial score (nSPS) is 13.3. The third-order valence-corrected chi connectivity index (χ3v) is 5.53. The minimum Gasteiger partial charge on any atom is -0.480 e. The highest BCUT2D eigenvalue weighted by atomic mass is 16.4. The number of amides is 4. The minimum atomic E-state index is -1.28. The number of carbonyl (C=O) groups is 5. The summed E-state index contributed by atoms with van der Waals surface area (Å²) in [6.07, 6.45) is 4.12. The van der Waals surface area contributed by atoms with Crippen LogP contribution < -0.4 is 27.4 Å². The second kappa shape index (κ2) is 12.3. The van der Waals surface area contributed by atoms with Crippen molar-refractivity contribution in [3.05, 3.63) is 54.2 Å². The van der Waals surface area contributed by atoms with E-state index >= 15 is 0 Å². The van der Waals surface area contributed by atoms with Crippen molar-refractivity contribution in [3.8, 4) is 0 Å². The molecule has 1 aromatic carbocycles. The third kappa shape index (κ3) is 7.63. The van der Waals surface area contributed by atoms with E-state index in [0.29, 0.717) is 11.3 Å². The number of aromatic amines is 2. The summed E-state index contributed by atoms with van der Waals surface area (Å²) in [7, 11) is 0. The number of hydrogen-bond donors (Lipinski definition) is 8. The number of nitrogens with one attached hydrogen (secondary N) is 5. The first kappa shape index (κ1) is 26.9. The highest BCUT2D eigenvalue weighted by Gasteiger charge is 2.28. The van der Waals surface area contributed by atoms with Gasteiger partial charge in [0.25, 0.3) is 0 Å². The van der Waals surface area contributed by atoms with Gasteiger partial charge in [-0.25, -0.2) is 9.78 Å². The van der Waals surface area contributed by atoms with Crippen molar-refractivity contribution in [2.75, 3.05) is 6.54 Å². The SMILES string of the molecule is NC(=O)CC(N)C(=O)NCC(=O)NC(Cc1cnc[nH]1)C(=O)NC(Cc1c[nH]c2ccccc12)C(=O)O. The van der Waals surface area contributed by atoms with E-state index in [4.69, 9.17) is 11.5 Å². The first-order valence-corrected chi connectivity index (χ1v) is 11.3. The number of nitrogens with zero attached hydrogens (tertiary/aromatic N) is 1. The lowest BCUT2D eigenvalue weighted by Gasteiger charge is -2.21. The summed E-state index contributed by atoms with van der Waals surface area (Å²) in [5.74, 6) is -4.27. The maximum atomic E-state index is 13.1. The van der Waals surface area contributed by atoms with Gasteiger partial charge in [-0.2, -0.15) is 0 Å². The molecule has 0 aliphatic rings. The molecule has 4 amide bonds. The molecule has 3 aromatic rings. The van der Waals surface area contributed by atoms with Gasteiger partial charge in [-0.3, -0.25) is 19.2 Å². The van der Waals surface area contributed by atoms with E-state index in [1.165, 1.54) is 12.5 Å². The molecule has 2 aromatic heterocycles. The summed E-state index contributed by atoms with van der Waals surface area (Å²) < 4.78 is 0. The van der Waals surface area contributed by atoms with E-state index in [-0.39, 0.29) is 12.8 Å². The van der Waals surface area contributed by atoms with Crippen molar-refractivity contribution in [1.82, 2.24) is 30.9 Å². The average molecular weight is 513 g/mol. The van der Waals surface area contributed by atoms with Crippen LogP contribution in [0.15, 0.2) is 43.0 Å². The molecule has 0 radical (unpaired) electrons. The number of aromatic nitrogens is 3. The number of rotatable bonds is 13. The lowest BCUT2D eigenvalue weighted by molar-refractivity contribution is -0.142. The highest BCUT2D eigenvalue weighted by molar-refractivity contribution is 5.94. The first-order chi connectivity index (χ1) is 17.6. The van der Waals surface area contributed by atoms with E-state index in [9.17, 15) is 29.1 Å². The molecule has 10 N–H and O–H groups in total. The first-order valence-electron chi connectivity index (χ1n) is 11.3. The zero-order chi connectivity index (χ0) is 26.9. The predicted octanol–water partition coefficient (Wildman–Crippen LogP) is -1.95. The number of carboxylic acids is 1. The Morgan fingerprint density at radius 2 is 1.76 bits per heavy atom. The number of hydrogen-bond acceptors (Lipinski definition) is 7. The Morgan fingerprint density at radius 3 is 2.43 bits per heavy atom. The molecular weight excluding hydrogens is 484 g/mol. The molecule has 37 heavy (non-hydrogen) atoms. The van der Waals surface area contributed by atoms with Crippen molar-refractivity contribution in [3.63, 3.8) is 0 Å². The molecule has 0 saturated carbocycles. The average Bonchev–Trinajstić information content (AvgIpc) is 3.51. The molecular formula is C23H28N8O6. The molecule has 14 nitrogen and oxygen atoms in total. The molecule has 0 aliphatic heterocycles. The number of carboxylic acid groups (broad SMARTS) is 1. The smallest absolute Gasteiger partial charge is 0.326 e. The van der Waals surface area contributed by atoms with Gasteiger partial charge in [0.15, 0.2) is 0 Å². The lowest BCUT2D eigenvalue weighted by atomic mass is 10.0. The summed E-state index contributed by atoms with van der Waals surface area (Å²) in [4.78, 5) is 70.1. The van der Waals surface area contributed by atoms with Gasteiger partial charge in [0, 0.05) is 41.8 Å². The zero-order valence-corrected chi connectivity index (χ0v) is 19.7. The van der Waals surface area contributed by atoms with E-state index in [1.54, 1.807) is 6.20 Å². The van der Waals surface area contributed by atoms with Gasteiger partial charge < -0.3 is 42.5 Å². The number of imidazole rings is 1. The molecule has 0 fully saturated rings. The van der Waals surface area contributed by atoms with Crippen LogP contribution in [0, 0.1) is 0 Å². The molecule has 0 spiro atoms. The van der Waals surface area contributed by atoms with Crippen LogP contribution in [0.2, 0.25) is 0 Å². The summed E-state index contributed by atoms with van der Waals surface area (Å²) in [6, 6.07) is 3.66. The number of carbonyl (C=O) groups excluding carboxylic acids is 4. The number of nitrogens with two attached hydrogens (primary N) is 2. The van der Waals surface area contributed by atoms with Gasteiger partial charge in [0.05, 0.1) is 25.3 Å². The number of benzene rings is 1. The largest absolute Gasteiger partial charge is 0.480 e. The molecule has 2 heterocycles. The van der Waals surface area contributed by atoms with Crippen LogP contribution in [0.3, 0.4) is 0 Å². The molecule has 0 bridgehead atoms. The van der Waals surface area contributed by atoms with Gasteiger partial charge >= 0.3 is 5.97 Å². The van der Waals surface area contributed by atoms with Gasteiger partial charge in [-0.15, -0.1) is 0 Å². The number of aliphatic carboxylic acids is 1. The number of H-pyrrole nitrogens is 2. The van der Waals surface area contributed by atoms with Crippen molar-refractivity contribution in [2.45, 2.75) is 37.4 Å². The fourth-order valence-electron chi connectivity index (χ4n) is 3.67. The molecule has 3 unspecified atom stereocenters. The van der Waals surface area contributed by atoms with Crippen molar-refractivity contribution >= 4 is 40.5 Å². The van der Waals surface area contributed by atoms with Crippen LogP contribution in [0.25, 0.3) is 10.9 Å². The fraction of sp³-hybridized carbons (Fsp3) is 0.304. The van der Waals surface area contributed by atoms with E-state index < -0.39 is 60.7 Å². The topological polar surface area (TPSA) is 238 Å². The molecule has 3 rings (SSSR count). The van der Waals surface area contributed by atoms with Gasteiger partial charge in [-0.1, -0.05) is 18.2 Å². The Morgan fingerprint density at radius 1 is 1.00 bits per heavy atom. The quantitative estimate of drug-likeness (QED) is 0.128. The Balaban J connectivity index is 1.67. The maximum absolute atomic E-state index is 13.1. The summed E-state index contributed by atoms with van der Waals surface area (Å²) >= 11 is 0. The summed E-state index contributed by atoms with van der Waals surface area (Å²) in [5.41, 5.74) is 12.6. The van der Waals surface area contributed by atoms with Crippen molar-refractivity contribution in [2.24, 2.45) is 11.5 Å². The Bertz CT molecular complexity index is 1270. The molecule has 14 heteroatoms. The standard InChI is InChI=1S/C23H28N8O6/c24-15(7-19(25)32)21(34)28-10-20(33)30-17(6-13-9-26-11-29-13)22(35)31-18(23(36)37)5-12-8-27-16-4-2-1-3-14(12)16/h1-4,8-9,11,15,17-18,27H,5-7,10,24H2,(H2,25,32)(H,26,29)(H,28,34)(H,30,33)(H,31,35)(H,36,37). The maximum Gasteiger partial charge on any atom is 0.326 e. The molecule has 196 valence electrons. The van der Waals surface area contributed by atoms with Crippen LogP contribution >= 0.6 is 0 Å². The number of primary amides is 1. The van der Waals surface area contributed by atoms with E-state index in [0.717, 1.165) is 10.9 Å². The van der Waals surface area contributed by atoms with Crippen LogP contribution in [0.5, 0.6) is 0 Å². The van der Waals surface area contributed by atoms with Crippen LogP contribution in [-0.4, -0.2) is 74.3 Å². The minimum absolute atomic E-state index is 0.00359. The van der Waals surface area contributed by atoms with Crippen LogP contribution in [0.4, 0.5) is 0 Å². The van der Waals surface area contributed by atoms with E-state index in [2.05, 4.69) is 30.9 Å². The van der Waals surface area contributed by atoms with Crippen LogP contribution in [0.1, 0.15) is 17.7 Å². The van der Waals surface area contributed by atoms with Crippen molar-refractivity contribution < 1.29 is 29.1 Å². The van der Waals surface area contributed by atoms with Gasteiger partial charge in [-0.05, 0) is 11.6 Å². The summed E-state index contributed by atoms with van der Waals surface area (Å²) in [6.45, 7) is -0.532. The fourth-order valence-corrected chi connectivity index (χ4v) is 3.67. The Kier molecular flexibility index (Phi) is 8.94. The third-order valence-electron chi connectivity index (χ3n) is 5.53. The van der Waals surface area contributed by atoms with Gasteiger partial charge in [0.1, 0.15) is 12.1 Å². The van der Waals surface area contributed by atoms with Crippen molar-refractivity contribution in [1.29, 1.82) is 0 Å². The highest BCUT2D eigenvalue weighted by Crippen LogP contribution is 2.19. The van der Waals surface area contributed by atoms with E-state index in [1.807, 2.05) is 24.3 Å². The number of para-hydroxylation sites is 1. The Hall–Kier alpha value is -4.72. The molecule has 0 aliphatic carbocycles. The molecule has 0 saturated heterocycles. The predicted molar refractivity (Wildman–Crippen MR) is 131 cm³/mol. The second-order valence-electron chi connectivity index (χ2n) is 8.36. The van der Waals surface area contributed by atoms with Gasteiger partial charge in [0.2, 0.25) is 23.6 Å². The number of fused-ring (bicyclic) bond motifs is 1. The molecule has 3 atom stereocenters. The lowest BCUT2D eigenvalue weighted by Crippen LogP contribution is -2.55.